The molecule has 20 heavy (non-hydrogen) atoms. The second-order valence-electron chi connectivity index (χ2n) is 5.73. The van der Waals surface area contributed by atoms with Crippen molar-refractivity contribution >= 4 is 5.91 Å². The summed E-state index contributed by atoms with van der Waals surface area (Å²) >= 11 is 0. The quantitative estimate of drug-likeness (QED) is 0.743. The van der Waals surface area contributed by atoms with Crippen molar-refractivity contribution in [1.82, 2.24) is 5.32 Å². The molecule has 0 bridgehead atoms. The van der Waals surface area contributed by atoms with Crippen LogP contribution in [0.3, 0.4) is 0 Å². The van der Waals surface area contributed by atoms with E-state index in [1.165, 1.54) is 6.42 Å². The third-order valence-corrected chi connectivity index (χ3v) is 4.03. The summed E-state index contributed by atoms with van der Waals surface area (Å²) in [6.07, 6.45) is 7.57. The van der Waals surface area contributed by atoms with Crippen LogP contribution in [0.1, 0.15) is 65.2 Å². The number of amides is 1. The minimum absolute atomic E-state index is 0.0977. The summed E-state index contributed by atoms with van der Waals surface area (Å²) in [7, 11) is 0. The molecule has 1 aliphatic rings. The molecule has 4 heteroatoms. The fourth-order valence-electron chi connectivity index (χ4n) is 2.92. The second kappa shape index (κ2) is 8.97. The van der Waals surface area contributed by atoms with Crippen LogP contribution in [0.4, 0.5) is 0 Å². The molecule has 4 nitrogen and oxygen atoms in total. The lowest BCUT2D eigenvalue weighted by Crippen LogP contribution is -2.41. The van der Waals surface area contributed by atoms with Gasteiger partial charge in [0.2, 0.25) is 5.91 Å². The molecule has 0 aromatic heterocycles. The minimum atomic E-state index is -0.836. The normalized spacial score (nSPS) is 19.4. The molecule has 1 rings (SSSR count). The smallest absolute Gasteiger partial charge is 0.240 e. The number of hydrogen-bond donors (Lipinski definition) is 1. The zero-order chi connectivity index (χ0) is 14.8. The number of carbonyl (C=O) groups is 1. The Bertz CT molecular complexity index is 324. The summed E-state index contributed by atoms with van der Waals surface area (Å²) in [5.74, 6) is -0.0977. The summed E-state index contributed by atoms with van der Waals surface area (Å²) < 4.78 is 5.65. The third-order valence-electron chi connectivity index (χ3n) is 4.03. The highest BCUT2D eigenvalue weighted by atomic mass is 16.5. The standard InChI is InChI=1S/C16H28N2O2/c1-3-9-16(13-17,10-4-2)15(19)18-11-8-14-7-5-6-12-20-14/h14H,3-12H2,1-2H3,(H,18,19). The third kappa shape index (κ3) is 4.79. The molecule has 114 valence electrons. The highest BCUT2D eigenvalue weighted by molar-refractivity contribution is 5.85. The van der Waals surface area contributed by atoms with E-state index in [9.17, 15) is 10.1 Å². The van der Waals surface area contributed by atoms with Gasteiger partial charge in [-0.3, -0.25) is 4.79 Å². The Hall–Kier alpha value is -1.08. The van der Waals surface area contributed by atoms with Crippen LogP contribution in [-0.2, 0) is 9.53 Å². The zero-order valence-corrected chi connectivity index (χ0v) is 12.9. The van der Waals surface area contributed by atoms with Gasteiger partial charge in [0.15, 0.2) is 0 Å². The van der Waals surface area contributed by atoms with E-state index in [4.69, 9.17) is 4.74 Å². The van der Waals surface area contributed by atoms with Crippen molar-refractivity contribution in [2.75, 3.05) is 13.2 Å². The van der Waals surface area contributed by atoms with E-state index in [0.717, 1.165) is 38.7 Å². The van der Waals surface area contributed by atoms with Gasteiger partial charge in [0.25, 0.3) is 0 Å². The van der Waals surface area contributed by atoms with Gasteiger partial charge in [-0.25, -0.2) is 0 Å². The Kier molecular flexibility index (Phi) is 7.61. The van der Waals surface area contributed by atoms with Gasteiger partial charge in [0, 0.05) is 13.2 Å². The fourth-order valence-corrected chi connectivity index (χ4v) is 2.92. The molecule has 1 unspecified atom stereocenters. The van der Waals surface area contributed by atoms with E-state index in [2.05, 4.69) is 11.4 Å². The maximum atomic E-state index is 12.3. The first kappa shape index (κ1) is 17.0. The molecule has 0 aliphatic carbocycles. The topological polar surface area (TPSA) is 62.1 Å². The molecule has 1 atom stereocenters. The van der Waals surface area contributed by atoms with Crippen LogP contribution >= 0.6 is 0 Å². The Balaban J connectivity index is 2.43. The number of nitrogens with zero attached hydrogens (tertiary/aromatic N) is 1. The van der Waals surface area contributed by atoms with Crippen molar-refractivity contribution in [2.24, 2.45) is 5.41 Å². The van der Waals surface area contributed by atoms with Crippen molar-refractivity contribution < 1.29 is 9.53 Å². The number of ether oxygens (including phenoxy) is 1. The van der Waals surface area contributed by atoms with Crippen molar-refractivity contribution in [2.45, 2.75) is 71.3 Å². The Labute approximate surface area is 122 Å². The molecular formula is C16H28N2O2. The van der Waals surface area contributed by atoms with Gasteiger partial charge in [0.1, 0.15) is 5.41 Å². The van der Waals surface area contributed by atoms with Gasteiger partial charge in [-0.2, -0.15) is 5.26 Å². The Morgan fingerprint density at radius 3 is 2.55 bits per heavy atom. The number of carbonyl (C=O) groups excluding carboxylic acids is 1. The first-order valence-electron chi connectivity index (χ1n) is 7.99. The van der Waals surface area contributed by atoms with Crippen LogP contribution in [0.5, 0.6) is 0 Å². The average molecular weight is 280 g/mol. The SMILES string of the molecule is CCCC(C#N)(CCC)C(=O)NCCC1CCCCO1. The molecule has 1 aliphatic heterocycles. The maximum Gasteiger partial charge on any atom is 0.240 e. The van der Waals surface area contributed by atoms with E-state index in [1.54, 1.807) is 0 Å². The Morgan fingerprint density at radius 2 is 2.05 bits per heavy atom. The van der Waals surface area contributed by atoms with Gasteiger partial charge in [0.05, 0.1) is 12.2 Å². The number of rotatable bonds is 8. The summed E-state index contributed by atoms with van der Waals surface area (Å²) in [6.45, 7) is 5.49. The molecule has 1 saturated heterocycles. The lowest BCUT2D eigenvalue weighted by molar-refractivity contribution is -0.129. The van der Waals surface area contributed by atoms with E-state index in [-0.39, 0.29) is 12.0 Å². The van der Waals surface area contributed by atoms with Gasteiger partial charge in [-0.15, -0.1) is 0 Å². The van der Waals surface area contributed by atoms with Crippen molar-refractivity contribution in [3.8, 4) is 6.07 Å². The van der Waals surface area contributed by atoms with Crippen molar-refractivity contribution in [1.29, 1.82) is 5.26 Å². The predicted octanol–water partition coefficient (Wildman–Crippen LogP) is 3.17. The van der Waals surface area contributed by atoms with Crippen LogP contribution in [0.25, 0.3) is 0 Å². The van der Waals surface area contributed by atoms with Crippen LogP contribution in [0.2, 0.25) is 0 Å². The molecule has 0 aromatic carbocycles. The van der Waals surface area contributed by atoms with E-state index in [0.29, 0.717) is 19.4 Å². The van der Waals surface area contributed by atoms with Gasteiger partial charge in [-0.1, -0.05) is 26.7 Å². The van der Waals surface area contributed by atoms with Crippen LogP contribution < -0.4 is 5.32 Å². The zero-order valence-electron chi connectivity index (χ0n) is 12.9. The number of hydrogen-bond acceptors (Lipinski definition) is 3. The molecular weight excluding hydrogens is 252 g/mol. The van der Waals surface area contributed by atoms with Crippen molar-refractivity contribution in [3.05, 3.63) is 0 Å². The molecule has 1 N–H and O–H groups in total. The van der Waals surface area contributed by atoms with E-state index in [1.807, 2.05) is 13.8 Å². The summed E-state index contributed by atoms with van der Waals surface area (Å²) in [6, 6.07) is 2.26. The maximum absolute atomic E-state index is 12.3. The van der Waals surface area contributed by atoms with E-state index >= 15 is 0 Å². The molecule has 1 fully saturated rings. The number of nitriles is 1. The molecule has 1 amide bonds. The lowest BCUT2D eigenvalue weighted by atomic mass is 9.79. The first-order valence-corrected chi connectivity index (χ1v) is 7.99. The largest absolute Gasteiger partial charge is 0.378 e. The molecule has 1 heterocycles. The van der Waals surface area contributed by atoms with Crippen LogP contribution in [-0.4, -0.2) is 25.2 Å². The highest BCUT2D eigenvalue weighted by Gasteiger charge is 2.36. The molecule has 0 aromatic rings. The van der Waals surface area contributed by atoms with Crippen LogP contribution in [0.15, 0.2) is 0 Å². The lowest BCUT2D eigenvalue weighted by Gasteiger charge is -2.26. The van der Waals surface area contributed by atoms with Gasteiger partial charge >= 0.3 is 0 Å². The first-order chi connectivity index (χ1) is 9.68. The van der Waals surface area contributed by atoms with E-state index < -0.39 is 5.41 Å². The van der Waals surface area contributed by atoms with Crippen molar-refractivity contribution in [3.63, 3.8) is 0 Å². The minimum Gasteiger partial charge on any atom is -0.378 e. The molecule has 0 radical (unpaired) electrons. The molecule has 0 saturated carbocycles. The fraction of sp³-hybridized carbons (Fsp3) is 0.875. The summed E-state index contributed by atoms with van der Waals surface area (Å²) in [4.78, 5) is 12.3. The average Bonchev–Trinajstić information content (AvgIpc) is 2.48. The second-order valence-corrected chi connectivity index (χ2v) is 5.73. The highest BCUT2D eigenvalue weighted by Crippen LogP contribution is 2.29. The monoisotopic (exact) mass is 280 g/mol. The van der Waals surface area contributed by atoms with Gasteiger partial charge in [-0.05, 0) is 38.5 Å². The number of nitrogens with one attached hydrogen (secondary N) is 1. The van der Waals surface area contributed by atoms with Gasteiger partial charge < -0.3 is 10.1 Å². The Morgan fingerprint density at radius 1 is 1.35 bits per heavy atom. The predicted molar refractivity (Wildman–Crippen MR) is 79.1 cm³/mol. The summed E-state index contributed by atoms with van der Waals surface area (Å²) in [5.41, 5.74) is -0.836. The molecule has 0 spiro atoms. The van der Waals surface area contributed by atoms with Crippen LogP contribution in [0, 0.1) is 16.7 Å². The summed E-state index contributed by atoms with van der Waals surface area (Å²) in [5, 5.41) is 12.4.